The van der Waals surface area contributed by atoms with Crippen molar-refractivity contribution in [2.45, 2.75) is 46.2 Å². The molecule has 6 heteroatoms. The van der Waals surface area contributed by atoms with Crippen LogP contribution in [0.1, 0.15) is 34.1 Å². The van der Waals surface area contributed by atoms with E-state index in [-0.39, 0.29) is 11.8 Å². The van der Waals surface area contributed by atoms with Crippen molar-refractivity contribution >= 4 is 11.9 Å². The number of nitroso groups, excluding NO2 is 1. The fourth-order valence-electron chi connectivity index (χ4n) is 1.52. The van der Waals surface area contributed by atoms with Crippen LogP contribution < -0.4 is 5.32 Å². The van der Waals surface area contributed by atoms with Crippen molar-refractivity contribution in [3.05, 3.63) is 4.91 Å². The summed E-state index contributed by atoms with van der Waals surface area (Å²) in [7, 11) is 1.26. The first-order chi connectivity index (χ1) is 8.33. The Kier molecular flexibility index (Phi) is 7.16. The molecule has 0 spiro atoms. The summed E-state index contributed by atoms with van der Waals surface area (Å²) >= 11 is 0. The summed E-state index contributed by atoms with van der Waals surface area (Å²) in [6, 6.07) is -1.71. The second-order valence-corrected chi connectivity index (χ2v) is 5.00. The minimum Gasteiger partial charge on any atom is -0.467 e. The number of amides is 1. The van der Waals surface area contributed by atoms with E-state index in [1.165, 1.54) is 7.11 Å². The van der Waals surface area contributed by atoms with Gasteiger partial charge in [0.15, 0.2) is 6.04 Å². The molecule has 0 unspecified atom stereocenters. The lowest BCUT2D eigenvalue weighted by atomic mass is 10.0. The van der Waals surface area contributed by atoms with Crippen LogP contribution in [0.25, 0.3) is 0 Å². The third kappa shape index (κ3) is 5.25. The number of carbonyl (C=O) groups excluding carboxylic acids is 2. The summed E-state index contributed by atoms with van der Waals surface area (Å²) in [5.74, 6) is -0.989. The fourth-order valence-corrected chi connectivity index (χ4v) is 1.52. The molecule has 0 aliphatic rings. The lowest BCUT2D eigenvalue weighted by molar-refractivity contribution is -0.146. The highest BCUT2D eigenvalue weighted by atomic mass is 16.5. The number of esters is 1. The van der Waals surface area contributed by atoms with Gasteiger partial charge in [0, 0.05) is 0 Å². The SMILES string of the molecule is COC(=O)[C@@H](NC(=O)[C@H](CC(C)C)N=O)C(C)C. The molecule has 0 aliphatic heterocycles. The van der Waals surface area contributed by atoms with E-state index < -0.39 is 24.0 Å². The first kappa shape index (κ1) is 16.5. The van der Waals surface area contributed by atoms with Crippen molar-refractivity contribution in [2.24, 2.45) is 17.0 Å². The van der Waals surface area contributed by atoms with E-state index in [0.717, 1.165) is 0 Å². The number of ether oxygens (including phenoxy) is 1. The Balaban J connectivity index is 4.66. The zero-order chi connectivity index (χ0) is 14.3. The van der Waals surface area contributed by atoms with Crippen LogP contribution in [-0.4, -0.2) is 31.1 Å². The molecule has 0 saturated heterocycles. The molecule has 0 aromatic heterocycles. The van der Waals surface area contributed by atoms with Crippen LogP contribution in [0, 0.1) is 16.7 Å². The van der Waals surface area contributed by atoms with E-state index in [2.05, 4.69) is 15.2 Å². The van der Waals surface area contributed by atoms with E-state index in [1.807, 2.05) is 13.8 Å². The first-order valence-electron chi connectivity index (χ1n) is 6.04. The predicted molar refractivity (Wildman–Crippen MR) is 67.8 cm³/mol. The van der Waals surface area contributed by atoms with Gasteiger partial charge >= 0.3 is 5.97 Å². The highest BCUT2D eigenvalue weighted by molar-refractivity contribution is 5.87. The summed E-state index contributed by atoms with van der Waals surface area (Å²) < 4.78 is 4.61. The number of hydrogen-bond donors (Lipinski definition) is 1. The molecule has 104 valence electrons. The van der Waals surface area contributed by atoms with E-state index in [0.29, 0.717) is 6.42 Å². The largest absolute Gasteiger partial charge is 0.467 e. The number of methoxy groups -OCH3 is 1. The Morgan fingerprint density at radius 1 is 1.22 bits per heavy atom. The molecule has 0 aromatic carbocycles. The summed E-state index contributed by atoms with van der Waals surface area (Å²) in [6.45, 7) is 7.36. The topological polar surface area (TPSA) is 84.8 Å². The highest BCUT2D eigenvalue weighted by Gasteiger charge is 2.29. The molecule has 0 radical (unpaired) electrons. The van der Waals surface area contributed by atoms with Crippen molar-refractivity contribution in [3.63, 3.8) is 0 Å². The molecule has 18 heavy (non-hydrogen) atoms. The summed E-state index contributed by atoms with van der Waals surface area (Å²) in [5, 5.41) is 5.33. The number of nitrogens with zero attached hydrogens (tertiary/aromatic N) is 1. The van der Waals surface area contributed by atoms with Gasteiger partial charge < -0.3 is 10.1 Å². The predicted octanol–water partition coefficient (Wildman–Crippen LogP) is 1.48. The average Bonchev–Trinajstić information content (AvgIpc) is 2.30. The van der Waals surface area contributed by atoms with Gasteiger partial charge in [-0.3, -0.25) is 4.79 Å². The number of nitrogens with one attached hydrogen (secondary N) is 1. The van der Waals surface area contributed by atoms with E-state index in [1.54, 1.807) is 13.8 Å². The van der Waals surface area contributed by atoms with Gasteiger partial charge in [0.1, 0.15) is 6.04 Å². The van der Waals surface area contributed by atoms with E-state index in [9.17, 15) is 14.5 Å². The Bertz CT molecular complexity index is 302. The van der Waals surface area contributed by atoms with Gasteiger partial charge in [0.05, 0.1) is 7.11 Å². The highest BCUT2D eigenvalue weighted by Crippen LogP contribution is 2.10. The number of hydrogen-bond acceptors (Lipinski definition) is 5. The van der Waals surface area contributed by atoms with E-state index >= 15 is 0 Å². The van der Waals surface area contributed by atoms with Crippen LogP contribution in [0.2, 0.25) is 0 Å². The second-order valence-electron chi connectivity index (χ2n) is 5.00. The zero-order valence-electron chi connectivity index (χ0n) is 11.6. The van der Waals surface area contributed by atoms with Crippen LogP contribution in [0.3, 0.4) is 0 Å². The Morgan fingerprint density at radius 3 is 2.11 bits per heavy atom. The third-order valence-electron chi connectivity index (χ3n) is 2.54. The number of carbonyl (C=O) groups is 2. The van der Waals surface area contributed by atoms with Crippen LogP contribution in [0.5, 0.6) is 0 Å². The Morgan fingerprint density at radius 2 is 1.78 bits per heavy atom. The molecular formula is C12H22N2O4. The molecule has 0 bridgehead atoms. The molecule has 0 rings (SSSR count). The van der Waals surface area contributed by atoms with Gasteiger partial charge in [-0.1, -0.05) is 32.9 Å². The Labute approximate surface area is 107 Å². The normalized spacial score (nSPS) is 14.2. The minimum atomic E-state index is -0.962. The standard InChI is InChI=1S/C12H22N2O4/c1-7(2)6-9(14-17)11(15)13-10(8(3)4)12(16)18-5/h7-10H,6H2,1-5H3,(H,13,15)/t9-,10-/m0/s1. The zero-order valence-corrected chi connectivity index (χ0v) is 11.6. The molecule has 6 nitrogen and oxygen atoms in total. The lowest BCUT2D eigenvalue weighted by Gasteiger charge is -2.21. The van der Waals surface area contributed by atoms with E-state index in [4.69, 9.17) is 0 Å². The molecule has 0 heterocycles. The summed E-state index contributed by atoms with van der Waals surface area (Å²) in [4.78, 5) is 34.0. The summed E-state index contributed by atoms with van der Waals surface area (Å²) in [5.41, 5.74) is 0. The Hall–Kier alpha value is -1.46. The molecule has 1 N–H and O–H groups in total. The van der Waals surface area contributed by atoms with Gasteiger partial charge in [-0.2, -0.15) is 0 Å². The quantitative estimate of drug-likeness (QED) is 0.553. The van der Waals surface area contributed by atoms with Gasteiger partial charge in [0.2, 0.25) is 5.91 Å². The van der Waals surface area contributed by atoms with Gasteiger partial charge in [0.25, 0.3) is 0 Å². The molecule has 1 amide bonds. The maximum atomic E-state index is 11.8. The minimum absolute atomic E-state index is 0.118. The molecule has 0 aliphatic carbocycles. The van der Waals surface area contributed by atoms with Crippen molar-refractivity contribution in [1.29, 1.82) is 0 Å². The van der Waals surface area contributed by atoms with Gasteiger partial charge in [-0.05, 0) is 18.3 Å². The van der Waals surface area contributed by atoms with Gasteiger partial charge in [-0.25, -0.2) is 4.79 Å². The molecular weight excluding hydrogens is 236 g/mol. The lowest BCUT2D eigenvalue weighted by Crippen LogP contribution is -2.48. The van der Waals surface area contributed by atoms with Crippen molar-refractivity contribution in [1.82, 2.24) is 5.32 Å². The van der Waals surface area contributed by atoms with Crippen molar-refractivity contribution in [3.8, 4) is 0 Å². The average molecular weight is 258 g/mol. The van der Waals surface area contributed by atoms with Crippen LogP contribution in [0.15, 0.2) is 5.18 Å². The van der Waals surface area contributed by atoms with Gasteiger partial charge in [-0.15, -0.1) is 4.91 Å². The summed E-state index contributed by atoms with van der Waals surface area (Å²) in [6.07, 6.45) is 0.362. The van der Waals surface area contributed by atoms with Crippen LogP contribution >= 0.6 is 0 Å². The fraction of sp³-hybridized carbons (Fsp3) is 0.833. The second kappa shape index (κ2) is 7.79. The maximum absolute atomic E-state index is 11.8. The third-order valence-corrected chi connectivity index (χ3v) is 2.54. The monoisotopic (exact) mass is 258 g/mol. The van der Waals surface area contributed by atoms with Crippen LogP contribution in [-0.2, 0) is 14.3 Å². The number of rotatable bonds is 7. The van der Waals surface area contributed by atoms with Crippen molar-refractivity contribution < 1.29 is 14.3 Å². The maximum Gasteiger partial charge on any atom is 0.328 e. The smallest absolute Gasteiger partial charge is 0.328 e. The molecule has 0 aromatic rings. The molecule has 0 fully saturated rings. The molecule has 0 saturated carbocycles. The van der Waals surface area contributed by atoms with Crippen molar-refractivity contribution in [2.75, 3.05) is 7.11 Å². The molecule has 2 atom stereocenters. The first-order valence-corrected chi connectivity index (χ1v) is 6.04. The van der Waals surface area contributed by atoms with Crippen LogP contribution in [0.4, 0.5) is 0 Å².